The van der Waals surface area contributed by atoms with Crippen molar-refractivity contribution in [3.8, 4) is 0 Å². The number of carbonyl (C=O) groups is 1. The van der Waals surface area contributed by atoms with Gasteiger partial charge in [-0.1, -0.05) is 6.42 Å². The van der Waals surface area contributed by atoms with Gasteiger partial charge >= 0.3 is 6.18 Å². The highest BCUT2D eigenvalue weighted by atomic mass is 19.4. The molecule has 1 amide bonds. The molecular weight excluding hydrogens is 463 g/mol. The second-order valence-electron chi connectivity index (χ2n) is 9.00. The number of alkyl halides is 3. The molecule has 4 rings (SSSR count). The number of carbonyl (C=O) groups excluding carboxylic acids is 1. The molecule has 1 N–H and O–H groups in total. The van der Waals surface area contributed by atoms with Gasteiger partial charge in [-0.2, -0.15) is 23.4 Å². The zero-order chi connectivity index (χ0) is 24.8. The van der Waals surface area contributed by atoms with E-state index in [-0.39, 0.29) is 31.2 Å². The summed E-state index contributed by atoms with van der Waals surface area (Å²) in [6.45, 7) is 4.53. The molecule has 12 heteroatoms. The Balaban J connectivity index is 1.14. The Labute approximate surface area is 202 Å². The first-order chi connectivity index (χ1) is 16.8. The van der Waals surface area contributed by atoms with Crippen LogP contribution in [-0.4, -0.2) is 76.4 Å². The molecule has 1 saturated carbocycles. The van der Waals surface area contributed by atoms with Crippen LogP contribution in [-0.2, 0) is 15.7 Å². The third-order valence-corrected chi connectivity index (χ3v) is 6.42. The Morgan fingerprint density at radius 3 is 2.43 bits per heavy atom. The van der Waals surface area contributed by atoms with Crippen LogP contribution in [0, 0.1) is 0 Å². The van der Waals surface area contributed by atoms with E-state index >= 15 is 0 Å². The summed E-state index contributed by atoms with van der Waals surface area (Å²) in [6.07, 6.45) is 4.95. The fourth-order valence-corrected chi connectivity index (χ4v) is 4.15. The number of piperazine rings is 1. The first kappa shape index (κ1) is 25.1. The van der Waals surface area contributed by atoms with Crippen LogP contribution in [0.1, 0.15) is 49.7 Å². The third kappa shape index (κ3) is 6.56. The fraction of sp³-hybridized carbons (Fsp3) is 0.609. The standard InChI is InChI=1S/C23H30F3N7O2/c1-16(31-20-14-30-29-13-19(20)23(24,25)26)15-35-10-5-21(34)32-6-8-33(9-7-32)22-27-11-18(12-28-22)17-3-2-4-17/h11-14,16-17H,2-10,15H2,1H3,(H,29,31). The van der Waals surface area contributed by atoms with Crippen LogP contribution < -0.4 is 10.2 Å². The summed E-state index contributed by atoms with van der Waals surface area (Å²) in [5.74, 6) is 1.29. The van der Waals surface area contributed by atoms with Gasteiger partial charge in [0, 0.05) is 44.6 Å². The van der Waals surface area contributed by atoms with Crippen molar-refractivity contribution in [2.75, 3.05) is 49.6 Å². The maximum atomic E-state index is 13.1. The predicted octanol–water partition coefficient (Wildman–Crippen LogP) is 3.11. The number of hydrogen-bond acceptors (Lipinski definition) is 8. The molecule has 190 valence electrons. The number of rotatable bonds is 9. The van der Waals surface area contributed by atoms with Crippen LogP contribution >= 0.6 is 0 Å². The van der Waals surface area contributed by atoms with Crippen molar-refractivity contribution in [3.63, 3.8) is 0 Å². The Morgan fingerprint density at radius 1 is 1.11 bits per heavy atom. The molecule has 2 aliphatic rings. The number of anilines is 2. The summed E-state index contributed by atoms with van der Waals surface area (Å²) in [7, 11) is 0. The molecule has 2 aromatic heterocycles. The highest BCUT2D eigenvalue weighted by molar-refractivity contribution is 5.76. The molecule has 0 radical (unpaired) electrons. The molecule has 0 bridgehead atoms. The van der Waals surface area contributed by atoms with E-state index in [2.05, 4.69) is 30.4 Å². The van der Waals surface area contributed by atoms with Gasteiger partial charge < -0.3 is 19.9 Å². The van der Waals surface area contributed by atoms with Crippen LogP contribution in [0.25, 0.3) is 0 Å². The lowest BCUT2D eigenvalue weighted by Crippen LogP contribution is -2.49. The van der Waals surface area contributed by atoms with E-state index in [4.69, 9.17) is 4.74 Å². The lowest BCUT2D eigenvalue weighted by Gasteiger charge is -2.35. The molecule has 2 fully saturated rings. The number of ether oxygens (including phenoxy) is 1. The van der Waals surface area contributed by atoms with Crippen molar-refractivity contribution in [1.82, 2.24) is 25.1 Å². The number of halogens is 3. The van der Waals surface area contributed by atoms with Crippen LogP contribution in [0.15, 0.2) is 24.8 Å². The summed E-state index contributed by atoms with van der Waals surface area (Å²) < 4.78 is 44.7. The van der Waals surface area contributed by atoms with Gasteiger partial charge in [0.1, 0.15) is 5.56 Å². The summed E-state index contributed by atoms with van der Waals surface area (Å²) in [4.78, 5) is 25.4. The smallest absolute Gasteiger partial charge is 0.379 e. The number of nitrogens with one attached hydrogen (secondary N) is 1. The number of amides is 1. The van der Waals surface area contributed by atoms with Crippen molar-refractivity contribution in [1.29, 1.82) is 0 Å². The highest BCUT2D eigenvalue weighted by Crippen LogP contribution is 2.36. The lowest BCUT2D eigenvalue weighted by atomic mass is 9.81. The van der Waals surface area contributed by atoms with Crippen molar-refractivity contribution < 1.29 is 22.7 Å². The predicted molar refractivity (Wildman–Crippen MR) is 123 cm³/mol. The highest BCUT2D eigenvalue weighted by Gasteiger charge is 2.34. The van der Waals surface area contributed by atoms with Gasteiger partial charge in [0.05, 0.1) is 37.7 Å². The Bertz CT molecular complexity index is 978. The second-order valence-corrected chi connectivity index (χ2v) is 9.00. The third-order valence-electron chi connectivity index (χ3n) is 6.42. The van der Waals surface area contributed by atoms with Crippen LogP contribution in [0.5, 0.6) is 0 Å². The van der Waals surface area contributed by atoms with Crippen molar-refractivity contribution >= 4 is 17.5 Å². The minimum Gasteiger partial charge on any atom is -0.379 e. The van der Waals surface area contributed by atoms with Gasteiger partial charge in [0.15, 0.2) is 0 Å². The largest absolute Gasteiger partial charge is 0.420 e. The van der Waals surface area contributed by atoms with E-state index < -0.39 is 17.8 Å². The maximum Gasteiger partial charge on any atom is 0.420 e. The summed E-state index contributed by atoms with van der Waals surface area (Å²) in [6, 6.07) is -0.408. The van der Waals surface area contributed by atoms with Gasteiger partial charge in [0.2, 0.25) is 11.9 Å². The van der Waals surface area contributed by atoms with Crippen LogP contribution in [0.4, 0.5) is 24.8 Å². The van der Waals surface area contributed by atoms with Crippen molar-refractivity contribution in [2.45, 2.75) is 50.7 Å². The number of hydrogen-bond donors (Lipinski definition) is 1. The summed E-state index contributed by atoms with van der Waals surface area (Å²) >= 11 is 0. The van der Waals surface area contributed by atoms with E-state index in [0.29, 0.717) is 44.2 Å². The topological polar surface area (TPSA) is 96.4 Å². The Hall–Kier alpha value is -3.02. The average molecular weight is 494 g/mol. The fourth-order valence-electron chi connectivity index (χ4n) is 4.15. The molecule has 3 heterocycles. The van der Waals surface area contributed by atoms with Gasteiger partial charge in [-0.3, -0.25) is 4.79 Å². The monoisotopic (exact) mass is 493 g/mol. The summed E-state index contributed by atoms with van der Waals surface area (Å²) in [5, 5.41) is 9.56. The molecular formula is C23H30F3N7O2. The van der Waals surface area contributed by atoms with E-state index in [1.807, 2.05) is 12.4 Å². The minimum atomic E-state index is -4.53. The number of aromatic nitrogens is 4. The van der Waals surface area contributed by atoms with E-state index in [9.17, 15) is 18.0 Å². The molecule has 1 saturated heterocycles. The van der Waals surface area contributed by atoms with Crippen molar-refractivity contribution in [3.05, 3.63) is 35.9 Å². The lowest BCUT2D eigenvalue weighted by molar-refractivity contribution is -0.137. The molecule has 35 heavy (non-hydrogen) atoms. The minimum absolute atomic E-state index is 0.01000. The van der Waals surface area contributed by atoms with E-state index in [1.54, 1.807) is 11.8 Å². The molecule has 0 aromatic carbocycles. The molecule has 2 aromatic rings. The van der Waals surface area contributed by atoms with Gasteiger partial charge in [-0.25, -0.2) is 9.97 Å². The Morgan fingerprint density at radius 2 is 1.80 bits per heavy atom. The first-order valence-corrected chi connectivity index (χ1v) is 11.9. The zero-order valence-electron chi connectivity index (χ0n) is 19.7. The quantitative estimate of drug-likeness (QED) is 0.533. The first-order valence-electron chi connectivity index (χ1n) is 11.9. The SMILES string of the molecule is CC(COCCC(=O)N1CCN(c2ncc(C3CCC3)cn2)CC1)Nc1cnncc1C(F)(F)F. The van der Waals surface area contributed by atoms with E-state index in [0.717, 1.165) is 6.20 Å². The van der Waals surface area contributed by atoms with Gasteiger partial charge in [-0.15, -0.1) is 0 Å². The molecule has 1 aliphatic carbocycles. The number of nitrogens with zero attached hydrogens (tertiary/aromatic N) is 6. The van der Waals surface area contributed by atoms with Crippen LogP contribution in [0.2, 0.25) is 0 Å². The molecule has 1 aliphatic heterocycles. The van der Waals surface area contributed by atoms with Crippen molar-refractivity contribution in [2.24, 2.45) is 0 Å². The van der Waals surface area contributed by atoms with Crippen LogP contribution in [0.3, 0.4) is 0 Å². The molecule has 1 atom stereocenters. The molecule has 9 nitrogen and oxygen atoms in total. The van der Waals surface area contributed by atoms with E-state index in [1.165, 1.54) is 24.8 Å². The maximum absolute atomic E-state index is 13.1. The van der Waals surface area contributed by atoms with Gasteiger partial charge in [0.25, 0.3) is 0 Å². The summed E-state index contributed by atoms with van der Waals surface area (Å²) in [5.41, 5.74) is 0.171. The normalized spacial score (nSPS) is 17.7. The molecule has 0 spiro atoms. The average Bonchev–Trinajstić information content (AvgIpc) is 2.81. The molecule has 1 unspecified atom stereocenters. The van der Waals surface area contributed by atoms with Gasteiger partial charge in [-0.05, 0) is 31.2 Å². The Kier molecular flexibility index (Phi) is 7.99. The zero-order valence-corrected chi connectivity index (χ0v) is 19.7. The second kappa shape index (κ2) is 11.1.